The standard InChI is InChI=1S/7Gd.3Pd. The van der Waals surface area contributed by atoms with Gasteiger partial charge in [-0.1, -0.05) is 0 Å². The Balaban J connectivity index is 0. The van der Waals surface area contributed by atoms with Crippen molar-refractivity contribution in [3.8, 4) is 0 Å². The molecular weight excluding hydrogens is 1420 g/mol. The second kappa shape index (κ2) is 59.3. The normalized spacial score (nSPS) is 0. The zero-order chi connectivity index (χ0) is 0. The summed E-state index contributed by atoms with van der Waals surface area (Å²) in [6.07, 6.45) is 0. The average Bonchev–Trinajstić information content (AvgIpc) is 0. The molecule has 0 saturated heterocycles. The Kier molecular flexibility index (Phi) is 408. The zero-order valence-electron chi connectivity index (χ0n) is 3.42. The molecule has 0 heterocycles. The van der Waals surface area contributed by atoms with Crippen molar-refractivity contribution >= 4 is 0 Å². The summed E-state index contributed by atoms with van der Waals surface area (Å²) in [5, 5.41) is 0. The van der Waals surface area contributed by atoms with Crippen LogP contribution in [0.15, 0.2) is 0 Å². The van der Waals surface area contributed by atoms with Crippen LogP contribution < -0.4 is 0 Å². The first-order valence-electron chi connectivity index (χ1n) is 0. The monoisotopic (exact) mass is 1420 g/mol. The molecule has 0 spiro atoms. The number of hydrogen-bond acceptors (Lipinski definition) is 0. The van der Waals surface area contributed by atoms with E-state index in [-0.39, 0.29) is 341 Å². The van der Waals surface area contributed by atoms with Gasteiger partial charge in [0, 0.05) is 341 Å². The maximum Gasteiger partial charge on any atom is 0 e. The third-order valence-electron chi connectivity index (χ3n) is 0. The Hall–Kier alpha value is 11.3. The smallest absolute Gasteiger partial charge is 0 e. The second-order valence-electron chi connectivity index (χ2n) is 0. The van der Waals surface area contributed by atoms with Crippen LogP contribution in [-0.2, 0) is 61.3 Å². The predicted octanol–water partition coefficient (Wildman–Crippen LogP) is -0.00750. The Morgan fingerprint density at radius 2 is 0.200 bits per heavy atom. The minimum atomic E-state index is 0. The fourth-order valence-corrected chi connectivity index (χ4v) is 0. The maximum atomic E-state index is 0. The van der Waals surface area contributed by atoms with Gasteiger partial charge >= 0.3 is 0 Å². The SMILES string of the molecule is [Gd].[Gd].[Gd].[Gd].[Gd].[Gd].[Gd].[Pd].[Pd].[Pd]. The topological polar surface area (TPSA) is 0 Å². The van der Waals surface area contributed by atoms with E-state index in [1.165, 1.54) is 0 Å². The molecular formula is Gd7Pd3. The van der Waals surface area contributed by atoms with Crippen LogP contribution >= 0.6 is 0 Å². The van der Waals surface area contributed by atoms with Crippen molar-refractivity contribution in [1.82, 2.24) is 0 Å². The first kappa shape index (κ1) is 68.8. The fourth-order valence-electron chi connectivity index (χ4n) is 0. The Bertz CT molecular complexity index is 8.81. The number of rotatable bonds is 0. The Labute approximate surface area is 328 Å². The van der Waals surface area contributed by atoms with Crippen molar-refractivity contribution in [2.75, 3.05) is 0 Å². The van der Waals surface area contributed by atoms with E-state index in [0.29, 0.717) is 0 Å². The van der Waals surface area contributed by atoms with Gasteiger partial charge in [0.05, 0.1) is 0 Å². The van der Waals surface area contributed by atoms with Gasteiger partial charge in [-0.3, -0.25) is 0 Å². The van der Waals surface area contributed by atoms with Crippen LogP contribution in [0.2, 0.25) is 0 Å². The third kappa shape index (κ3) is 50.7. The Morgan fingerprint density at radius 3 is 0.200 bits per heavy atom. The number of hydrogen-bond donors (Lipinski definition) is 0. The van der Waals surface area contributed by atoms with Crippen LogP contribution in [0.3, 0.4) is 0 Å². The van der Waals surface area contributed by atoms with Crippen molar-refractivity contribution in [1.29, 1.82) is 0 Å². The Morgan fingerprint density at radius 1 is 0.200 bits per heavy atom. The molecule has 0 fully saturated rings. The van der Waals surface area contributed by atoms with E-state index in [4.69, 9.17) is 0 Å². The predicted molar refractivity (Wildman–Crippen MR) is 0 cm³/mol. The van der Waals surface area contributed by atoms with E-state index in [2.05, 4.69) is 0 Å². The summed E-state index contributed by atoms with van der Waals surface area (Å²) in [4.78, 5) is 0. The van der Waals surface area contributed by atoms with Crippen molar-refractivity contribution in [3.63, 3.8) is 0 Å². The molecule has 0 rings (SSSR count). The van der Waals surface area contributed by atoms with Crippen molar-refractivity contribution in [2.24, 2.45) is 0 Å². The zero-order valence-corrected chi connectivity index (χ0v) is 24.0. The molecule has 0 unspecified atom stereocenters. The molecule has 0 aliphatic heterocycles. The van der Waals surface area contributed by atoms with Crippen molar-refractivity contribution in [3.05, 3.63) is 0 Å². The summed E-state index contributed by atoms with van der Waals surface area (Å²) in [6.45, 7) is 0. The van der Waals surface area contributed by atoms with Gasteiger partial charge in [-0.25, -0.2) is 0 Å². The van der Waals surface area contributed by atoms with Crippen LogP contribution in [0.5, 0.6) is 0 Å². The molecule has 10 heavy (non-hydrogen) atoms. The molecule has 0 aliphatic rings. The summed E-state index contributed by atoms with van der Waals surface area (Å²) in [6, 6.07) is 0. The van der Waals surface area contributed by atoms with Crippen molar-refractivity contribution in [2.45, 2.75) is 0 Å². The van der Waals surface area contributed by atoms with E-state index < -0.39 is 0 Å². The molecule has 0 nitrogen and oxygen atoms in total. The molecule has 0 saturated carbocycles. The van der Waals surface area contributed by atoms with Crippen LogP contribution in [0.1, 0.15) is 0 Å². The van der Waals surface area contributed by atoms with Gasteiger partial charge < -0.3 is 0 Å². The first-order chi connectivity index (χ1) is 0. The first-order valence-corrected chi connectivity index (χ1v) is 0. The van der Waals surface area contributed by atoms with Gasteiger partial charge in [-0.15, -0.1) is 0 Å². The summed E-state index contributed by atoms with van der Waals surface area (Å²) < 4.78 is 0. The van der Waals surface area contributed by atoms with Gasteiger partial charge in [0.15, 0.2) is 0 Å². The second-order valence-corrected chi connectivity index (χ2v) is 0. The van der Waals surface area contributed by atoms with Crippen LogP contribution in [-0.4, -0.2) is 0 Å². The third-order valence-corrected chi connectivity index (χ3v) is 0. The minimum absolute atomic E-state index is 0. The molecule has 0 amide bonds. The van der Waals surface area contributed by atoms with Gasteiger partial charge in [0.1, 0.15) is 0 Å². The molecule has 0 aromatic heterocycles. The van der Waals surface area contributed by atoms with Crippen LogP contribution in [0.4, 0.5) is 0 Å². The summed E-state index contributed by atoms with van der Waals surface area (Å²) in [7, 11) is 0. The molecule has 0 aromatic rings. The summed E-state index contributed by atoms with van der Waals surface area (Å²) in [5.41, 5.74) is 0. The van der Waals surface area contributed by atoms with Gasteiger partial charge in [-0.2, -0.15) is 0 Å². The largest absolute Gasteiger partial charge is 0 e. The summed E-state index contributed by atoms with van der Waals surface area (Å²) in [5.74, 6) is 0. The molecule has 86 valence electrons. The van der Waals surface area contributed by atoms with E-state index in [1.54, 1.807) is 0 Å². The average molecular weight is 1420 g/mol. The van der Waals surface area contributed by atoms with E-state index in [9.17, 15) is 0 Å². The molecule has 0 aliphatic carbocycles. The molecule has 0 N–H and O–H groups in total. The van der Waals surface area contributed by atoms with Gasteiger partial charge in [-0.05, 0) is 0 Å². The molecule has 10 heteroatoms. The minimum Gasteiger partial charge on any atom is 0 e. The molecule has 0 radical (unpaired) electrons. The van der Waals surface area contributed by atoms with Crippen LogP contribution in [0.25, 0.3) is 0 Å². The van der Waals surface area contributed by atoms with Crippen LogP contribution in [0, 0.1) is 280 Å². The van der Waals surface area contributed by atoms with Crippen molar-refractivity contribution < 1.29 is 341 Å². The quantitative estimate of drug-likeness (QED) is 0.300. The van der Waals surface area contributed by atoms with E-state index in [1.807, 2.05) is 0 Å². The fraction of sp³-hybridized carbons (Fsp3) is 0. The molecule has 0 bridgehead atoms. The van der Waals surface area contributed by atoms with E-state index in [0.717, 1.165) is 0 Å². The molecule has 0 aromatic carbocycles. The van der Waals surface area contributed by atoms with Gasteiger partial charge in [0.25, 0.3) is 0 Å². The maximum absolute atomic E-state index is 0. The molecule has 0 atom stereocenters. The van der Waals surface area contributed by atoms with E-state index >= 15 is 0 Å². The van der Waals surface area contributed by atoms with Gasteiger partial charge in [0.2, 0.25) is 0 Å². The summed E-state index contributed by atoms with van der Waals surface area (Å²) >= 11 is 0.